The van der Waals surface area contributed by atoms with Crippen molar-refractivity contribution in [1.82, 2.24) is 4.90 Å². The molecule has 2 fully saturated rings. The molecular weight excluding hydrogens is 290 g/mol. The largest absolute Gasteiger partial charge is 0.393 e. The van der Waals surface area contributed by atoms with E-state index in [9.17, 15) is 10.1 Å². The first-order chi connectivity index (χ1) is 10.9. The molecular formula is C18H25N3O2. The number of nitrogens with zero attached hydrogens (tertiary/aromatic N) is 2. The van der Waals surface area contributed by atoms with Crippen molar-refractivity contribution in [1.29, 1.82) is 0 Å². The molecule has 3 aliphatic rings. The third-order valence-electron chi connectivity index (χ3n) is 6.65. The molecule has 1 heterocycles. The number of anilines is 1. The summed E-state index contributed by atoms with van der Waals surface area (Å²) >= 11 is 0. The van der Waals surface area contributed by atoms with Gasteiger partial charge in [-0.1, -0.05) is 13.8 Å². The number of likely N-dealkylation sites (tertiary alicyclic amines) is 1. The number of nitrogens with two attached hydrogens (primary N) is 1. The zero-order valence-electron chi connectivity index (χ0n) is 13.9. The average molecular weight is 315 g/mol. The summed E-state index contributed by atoms with van der Waals surface area (Å²) in [5.41, 5.74) is 8.81. The van der Waals surface area contributed by atoms with Crippen LogP contribution in [0.25, 0.3) is 0 Å². The maximum absolute atomic E-state index is 11.2. The molecule has 2 bridgehead atoms. The second-order valence-electron chi connectivity index (χ2n) is 7.99. The maximum atomic E-state index is 11.2. The number of fused-ring (bicyclic) bond motifs is 4. The number of hydrogen-bond donors (Lipinski definition) is 1. The van der Waals surface area contributed by atoms with Gasteiger partial charge in [-0.25, -0.2) is 0 Å². The number of rotatable bonds is 3. The number of hydrogen-bond acceptors (Lipinski definition) is 4. The molecule has 1 saturated heterocycles. The van der Waals surface area contributed by atoms with Gasteiger partial charge in [0.25, 0.3) is 5.69 Å². The van der Waals surface area contributed by atoms with Gasteiger partial charge in [-0.2, -0.15) is 0 Å². The van der Waals surface area contributed by atoms with Gasteiger partial charge in [0, 0.05) is 18.7 Å². The van der Waals surface area contributed by atoms with E-state index in [1.807, 2.05) is 6.07 Å². The van der Waals surface area contributed by atoms with Crippen molar-refractivity contribution in [3.8, 4) is 0 Å². The number of piperidine rings is 1. The molecule has 1 aliphatic heterocycles. The third-order valence-corrected chi connectivity index (χ3v) is 6.65. The minimum absolute atomic E-state index is 0.0636. The molecule has 0 aromatic heterocycles. The molecule has 1 aromatic rings. The SMILES string of the molecule is CC1[C@@H]2Cc3cc([N+](=O)[O-])c(N)cc3[C@@]1(C)CCN2CC1CC1. The molecule has 0 amide bonds. The van der Waals surface area contributed by atoms with Gasteiger partial charge in [0.2, 0.25) is 0 Å². The smallest absolute Gasteiger partial charge is 0.292 e. The van der Waals surface area contributed by atoms with E-state index in [0.717, 1.165) is 30.9 Å². The number of nitrogen functional groups attached to an aromatic ring is 1. The predicted molar refractivity (Wildman–Crippen MR) is 90.4 cm³/mol. The summed E-state index contributed by atoms with van der Waals surface area (Å²) in [5.74, 6) is 1.44. The van der Waals surface area contributed by atoms with Crippen LogP contribution in [0.5, 0.6) is 0 Å². The molecule has 1 aromatic carbocycles. The van der Waals surface area contributed by atoms with Crippen LogP contribution in [0.4, 0.5) is 11.4 Å². The van der Waals surface area contributed by atoms with E-state index in [4.69, 9.17) is 5.73 Å². The van der Waals surface area contributed by atoms with Crippen molar-refractivity contribution in [3.63, 3.8) is 0 Å². The fraction of sp³-hybridized carbons (Fsp3) is 0.667. The van der Waals surface area contributed by atoms with Crippen LogP contribution in [-0.4, -0.2) is 29.0 Å². The lowest BCUT2D eigenvalue weighted by Gasteiger charge is -2.54. The molecule has 23 heavy (non-hydrogen) atoms. The highest BCUT2D eigenvalue weighted by Crippen LogP contribution is 2.50. The quantitative estimate of drug-likeness (QED) is 0.528. The summed E-state index contributed by atoms with van der Waals surface area (Å²) in [4.78, 5) is 13.5. The Kier molecular flexibility index (Phi) is 3.21. The first-order valence-electron chi connectivity index (χ1n) is 8.71. The Bertz CT molecular complexity index is 670. The lowest BCUT2D eigenvalue weighted by atomic mass is 9.59. The van der Waals surface area contributed by atoms with Gasteiger partial charge in [-0.15, -0.1) is 0 Å². The van der Waals surface area contributed by atoms with Gasteiger partial charge in [0.15, 0.2) is 0 Å². The topological polar surface area (TPSA) is 72.4 Å². The highest BCUT2D eigenvalue weighted by molar-refractivity contribution is 5.63. The highest BCUT2D eigenvalue weighted by atomic mass is 16.6. The molecule has 2 N–H and O–H groups in total. The average Bonchev–Trinajstić information content (AvgIpc) is 3.30. The van der Waals surface area contributed by atoms with E-state index in [1.165, 1.54) is 24.9 Å². The van der Waals surface area contributed by atoms with Crippen molar-refractivity contribution in [2.24, 2.45) is 11.8 Å². The van der Waals surface area contributed by atoms with Crippen LogP contribution < -0.4 is 5.73 Å². The van der Waals surface area contributed by atoms with Crippen LogP contribution in [-0.2, 0) is 11.8 Å². The summed E-state index contributed by atoms with van der Waals surface area (Å²) < 4.78 is 0. The minimum atomic E-state index is -0.353. The van der Waals surface area contributed by atoms with Crippen molar-refractivity contribution >= 4 is 11.4 Å². The van der Waals surface area contributed by atoms with E-state index < -0.39 is 0 Å². The Balaban J connectivity index is 1.75. The van der Waals surface area contributed by atoms with Gasteiger partial charge in [0.05, 0.1) is 4.92 Å². The Morgan fingerprint density at radius 3 is 2.83 bits per heavy atom. The molecule has 3 atom stereocenters. The number of nitro benzene ring substituents is 1. The first kappa shape index (κ1) is 14.9. The highest BCUT2D eigenvalue weighted by Gasteiger charge is 2.49. The Labute approximate surface area is 137 Å². The molecule has 2 aliphatic carbocycles. The Morgan fingerprint density at radius 1 is 1.43 bits per heavy atom. The number of nitro groups is 1. The normalized spacial score (nSPS) is 33.3. The molecule has 5 nitrogen and oxygen atoms in total. The van der Waals surface area contributed by atoms with E-state index in [2.05, 4.69) is 18.7 Å². The summed E-state index contributed by atoms with van der Waals surface area (Å²) in [6.07, 6.45) is 4.77. The van der Waals surface area contributed by atoms with E-state index in [0.29, 0.717) is 17.6 Å². The van der Waals surface area contributed by atoms with Gasteiger partial charge >= 0.3 is 0 Å². The lowest BCUT2D eigenvalue weighted by Crippen LogP contribution is -2.58. The molecule has 1 unspecified atom stereocenters. The maximum Gasteiger partial charge on any atom is 0.292 e. The standard InChI is InChI=1S/C18H25N3O2/c1-11-16-7-13-8-17(21(22)23)15(19)9-14(13)18(11,2)5-6-20(16)10-12-3-4-12/h8-9,11-12,16H,3-7,10,19H2,1-2H3/t11?,16-,18-/m0/s1. The Hall–Kier alpha value is -1.62. The van der Waals surface area contributed by atoms with Crippen molar-refractivity contribution in [3.05, 3.63) is 33.4 Å². The van der Waals surface area contributed by atoms with Crippen LogP contribution in [0.15, 0.2) is 12.1 Å². The minimum Gasteiger partial charge on any atom is -0.393 e. The van der Waals surface area contributed by atoms with Crippen LogP contribution in [0, 0.1) is 22.0 Å². The van der Waals surface area contributed by atoms with E-state index >= 15 is 0 Å². The van der Waals surface area contributed by atoms with Gasteiger partial charge in [-0.3, -0.25) is 15.0 Å². The van der Waals surface area contributed by atoms with Crippen LogP contribution in [0.3, 0.4) is 0 Å². The second-order valence-corrected chi connectivity index (χ2v) is 7.99. The van der Waals surface area contributed by atoms with Crippen molar-refractivity contribution in [2.75, 3.05) is 18.8 Å². The summed E-state index contributed by atoms with van der Waals surface area (Å²) in [5, 5.41) is 11.2. The fourth-order valence-corrected chi connectivity index (χ4v) is 4.79. The van der Waals surface area contributed by atoms with Gasteiger partial charge in [0.1, 0.15) is 5.69 Å². The predicted octanol–water partition coefficient (Wildman–Crippen LogP) is 3.11. The van der Waals surface area contributed by atoms with Crippen molar-refractivity contribution < 1.29 is 4.92 Å². The van der Waals surface area contributed by atoms with E-state index in [1.54, 1.807) is 6.07 Å². The lowest BCUT2D eigenvalue weighted by molar-refractivity contribution is -0.384. The molecule has 5 heteroatoms. The zero-order valence-corrected chi connectivity index (χ0v) is 13.9. The number of benzene rings is 1. The zero-order chi connectivity index (χ0) is 16.4. The van der Waals surface area contributed by atoms with Gasteiger partial charge in [-0.05, 0) is 66.7 Å². The summed E-state index contributed by atoms with van der Waals surface area (Å²) in [6.45, 7) is 7.02. The fourth-order valence-electron chi connectivity index (χ4n) is 4.79. The molecule has 0 spiro atoms. The monoisotopic (exact) mass is 315 g/mol. The molecule has 1 saturated carbocycles. The van der Waals surface area contributed by atoms with Crippen molar-refractivity contribution in [2.45, 2.75) is 51.0 Å². The summed E-state index contributed by atoms with van der Waals surface area (Å²) in [6, 6.07) is 4.13. The van der Waals surface area contributed by atoms with Gasteiger partial charge < -0.3 is 5.73 Å². The van der Waals surface area contributed by atoms with Crippen LogP contribution >= 0.6 is 0 Å². The van der Waals surface area contributed by atoms with Crippen LogP contribution in [0.2, 0.25) is 0 Å². The van der Waals surface area contributed by atoms with Crippen LogP contribution in [0.1, 0.15) is 44.2 Å². The van der Waals surface area contributed by atoms with E-state index in [-0.39, 0.29) is 16.0 Å². The third kappa shape index (κ3) is 2.24. The second kappa shape index (κ2) is 4.94. The molecule has 4 rings (SSSR count). The molecule has 124 valence electrons. The first-order valence-corrected chi connectivity index (χ1v) is 8.71. The molecule has 0 radical (unpaired) electrons. The Morgan fingerprint density at radius 2 is 2.17 bits per heavy atom. The summed E-state index contributed by atoms with van der Waals surface area (Å²) in [7, 11) is 0.